The van der Waals surface area contributed by atoms with E-state index in [9.17, 15) is 27.6 Å². The third-order valence-electron chi connectivity index (χ3n) is 4.42. The van der Waals surface area contributed by atoms with Crippen LogP contribution in [0, 0.1) is 5.92 Å². The predicted molar refractivity (Wildman–Crippen MR) is 95.5 cm³/mol. The molecule has 1 aliphatic heterocycles. The van der Waals surface area contributed by atoms with E-state index in [1.165, 1.54) is 6.92 Å². The number of amides is 2. The van der Waals surface area contributed by atoms with Gasteiger partial charge in [0.1, 0.15) is 0 Å². The van der Waals surface area contributed by atoms with Gasteiger partial charge in [-0.25, -0.2) is 4.79 Å². The van der Waals surface area contributed by atoms with Gasteiger partial charge in [-0.05, 0) is 25.3 Å². The van der Waals surface area contributed by atoms with Crippen LogP contribution in [0.5, 0.6) is 0 Å². The Kier molecular flexibility index (Phi) is 7.86. The number of ether oxygens (including phenoxy) is 2. The first kappa shape index (κ1) is 22.5. The van der Waals surface area contributed by atoms with E-state index in [1.807, 2.05) is 30.3 Å². The molecule has 0 saturated carbocycles. The summed E-state index contributed by atoms with van der Waals surface area (Å²) in [6.07, 6.45) is -6.20. The van der Waals surface area contributed by atoms with Crippen LogP contribution in [0.4, 0.5) is 18.0 Å². The number of carbonyl (C=O) groups excluding carboxylic acids is 3. The highest BCUT2D eigenvalue weighted by molar-refractivity contribution is 5.84. The van der Waals surface area contributed by atoms with E-state index >= 15 is 0 Å². The monoisotopic (exact) mass is 416 g/mol. The molecular weight excluding hydrogens is 393 g/mol. The number of esters is 1. The van der Waals surface area contributed by atoms with E-state index in [4.69, 9.17) is 4.74 Å². The molecule has 0 aromatic heterocycles. The minimum Gasteiger partial charge on any atom is -0.452 e. The van der Waals surface area contributed by atoms with Crippen molar-refractivity contribution >= 4 is 18.0 Å². The Morgan fingerprint density at radius 1 is 1.17 bits per heavy atom. The Morgan fingerprint density at radius 3 is 2.38 bits per heavy atom. The van der Waals surface area contributed by atoms with Crippen LogP contribution in [0.3, 0.4) is 0 Å². The van der Waals surface area contributed by atoms with Crippen molar-refractivity contribution < 1.29 is 37.0 Å². The van der Waals surface area contributed by atoms with Crippen LogP contribution in [0.25, 0.3) is 0 Å². The fraction of sp³-hybridized carbons (Fsp3) is 0.526. The first-order valence-corrected chi connectivity index (χ1v) is 9.16. The number of likely N-dealkylation sites (tertiary alicyclic amines) is 1. The van der Waals surface area contributed by atoms with Crippen molar-refractivity contribution in [1.29, 1.82) is 0 Å². The van der Waals surface area contributed by atoms with Crippen molar-refractivity contribution in [1.82, 2.24) is 10.2 Å². The number of benzene rings is 1. The number of piperidine rings is 1. The Balaban J connectivity index is 1.71. The van der Waals surface area contributed by atoms with Crippen molar-refractivity contribution in [2.75, 3.05) is 19.7 Å². The number of carbonyl (C=O) groups is 3. The second kappa shape index (κ2) is 10.1. The molecule has 0 aliphatic carbocycles. The van der Waals surface area contributed by atoms with Gasteiger partial charge in [0.15, 0.2) is 12.7 Å². The van der Waals surface area contributed by atoms with Crippen molar-refractivity contribution in [2.24, 2.45) is 5.92 Å². The third-order valence-corrected chi connectivity index (χ3v) is 4.42. The van der Waals surface area contributed by atoms with Crippen LogP contribution >= 0.6 is 0 Å². The van der Waals surface area contributed by atoms with E-state index in [0.717, 1.165) is 10.5 Å². The molecule has 0 bridgehead atoms. The van der Waals surface area contributed by atoms with Crippen molar-refractivity contribution in [3.8, 4) is 0 Å². The number of nitrogens with zero attached hydrogens (tertiary/aromatic N) is 1. The van der Waals surface area contributed by atoms with E-state index in [0.29, 0.717) is 6.54 Å². The van der Waals surface area contributed by atoms with E-state index < -0.39 is 42.8 Å². The fourth-order valence-corrected chi connectivity index (χ4v) is 2.79. The van der Waals surface area contributed by atoms with Gasteiger partial charge in [0, 0.05) is 19.6 Å². The summed E-state index contributed by atoms with van der Waals surface area (Å²) in [5, 5.41) is 2.68. The van der Waals surface area contributed by atoms with Gasteiger partial charge in [0.2, 0.25) is 0 Å². The van der Waals surface area contributed by atoms with Gasteiger partial charge >= 0.3 is 18.2 Å². The van der Waals surface area contributed by atoms with Crippen LogP contribution in [-0.4, -0.2) is 54.8 Å². The Labute approximate surface area is 166 Å². The summed E-state index contributed by atoms with van der Waals surface area (Å²) in [6, 6.07) is 9.25. The first-order valence-electron chi connectivity index (χ1n) is 9.16. The highest BCUT2D eigenvalue weighted by atomic mass is 19.4. The molecule has 160 valence electrons. The number of nitrogens with one attached hydrogen (secondary N) is 1. The van der Waals surface area contributed by atoms with Crippen molar-refractivity contribution in [3.63, 3.8) is 0 Å². The molecule has 1 fully saturated rings. The molecule has 2 rings (SSSR count). The molecule has 7 nitrogen and oxygen atoms in total. The minimum atomic E-state index is -4.59. The van der Waals surface area contributed by atoms with Gasteiger partial charge < -0.3 is 19.7 Å². The normalized spacial score (nSPS) is 16.1. The first-order chi connectivity index (χ1) is 13.7. The number of alkyl halides is 3. The van der Waals surface area contributed by atoms with Gasteiger partial charge in [0.05, 0.1) is 5.92 Å². The Hall–Kier alpha value is -2.78. The number of hydrogen-bond donors (Lipinski definition) is 1. The Morgan fingerprint density at radius 2 is 1.79 bits per heavy atom. The van der Waals surface area contributed by atoms with Crippen LogP contribution in [0.1, 0.15) is 25.3 Å². The summed E-state index contributed by atoms with van der Waals surface area (Å²) in [4.78, 5) is 37.0. The molecular formula is C19H23F3N2O5. The highest BCUT2D eigenvalue weighted by Gasteiger charge is 2.34. The zero-order chi connectivity index (χ0) is 21.4. The van der Waals surface area contributed by atoms with Gasteiger partial charge in [-0.2, -0.15) is 13.2 Å². The second-order valence-electron chi connectivity index (χ2n) is 6.71. The molecule has 1 heterocycles. The molecule has 1 aromatic carbocycles. The fourth-order valence-electron chi connectivity index (χ4n) is 2.79. The number of halogens is 3. The Bertz CT molecular complexity index is 704. The highest BCUT2D eigenvalue weighted by Crippen LogP contribution is 2.21. The molecule has 1 aliphatic rings. The topological polar surface area (TPSA) is 84.9 Å². The summed E-state index contributed by atoms with van der Waals surface area (Å²) >= 11 is 0. The lowest BCUT2D eigenvalue weighted by Crippen LogP contribution is -2.43. The van der Waals surface area contributed by atoms with E-state index in [2.05, 4.69) is 10.1 Å². The lowest BCUT2D eigenvalue weighted by Gasteiger charge is -2.30. The molecule has 1 aromatic rings. The molecule has 0 spiro atoms. The minimum absolute atomic E-state index is 0.0744. The molecule has 29 heavy (non-hydrogen) atoms. The van der Waals surface area contributed by atoms with Gasteiger partial charge in [-0.3, -0.25) is 9.59 Å². The second-order valence-corrected chi connectivity index (χ2v) is 6.71. The van der Waals surface area contributed by atoms with E-state index in [1.54, 1.807) is 0 Å². The number of hydrogen-bond acceptors (Lipinski definition) is 5. The SMILES string of the molecule is CC(OC(=O)C1CCN(C(=O)OCC(F)(F)F)CC1)C(=O)NCc1ccccc1. The summed E-state index contributed by atoms with van der Waals surface area (Å²) in [5.74, 6) is -1.54. The largest absolute Gasteiger partial charge is 0.452 e. The maximum absolute atomic E-state index is 12.2. The summed E-state index contributed by atoms with van der Waals surface area (Å²) in [7, 11) is 0. The standard InChI is InChI=1S/C19H23F3N2O5/c1-13(16(25)23-11-14-5-3-2-4-6-14)29-17(26)15-7-9-24(10-8-15)18(27)28-12-19(20,21)22/h2-6,13,15H,7-12H2,1H3,(H,23,25). The average molecular weight is 416 g/mol. The predicted octanol–water partition coefficient (Wildman–Crippen LogP) is 2.65. The summed E-state index contributed by atoms with van der Waals surface area (Å²) < 4.78 is 45.7. The van der Waals surface area contributed by atoms with E-state index in [-0.39, 0.29) is 25.9 Å². The smallest absolute Gasteiger partial charge is 0.422 e. The molecule has 1 atom stereocenters. The molecule has 1 unspecified atom stereocenters. The molecule has 1 N–H and O–H groups in total. The van der Waals surface area contributed by atoms with Gasteiger partial charge in [-0.1, -0.05) is 30.3 Å². The molecule has 1 saturated heterocycles. The van der Waals surface area contributed by atoms with Gasteiger partial charge in [-0.15, -0.1) is 0 Å². The van der Waals surface area contributed by atoms with Crippen molar-refractivity contribution in [3.05, 3.63) is 35.9 Å². The summed E-state index contributed by atoms with van der Waals surface area (Å²) in [6.45, 7) is 0.265. The molecule has 2 amide bonds. The lowest BCUT2D eigenvalue weighted by molar-refractivity contribution is -0.163. The van der Waals surface area contributed by atoms with Crippen LogP contribution in [0.15, 0.2) is 30.3 Å². The molecule has 10 heteroatoms. The zero-order valence-electron chi connectivity index (χ0n) is 15.9. The third kappa shape index (κ3) is 7.63. The van der Waals surface area contributed by atoms with Crippen molar-refractivity contribution in [2.45, 2.75) is 38.6 Å². The maximum atomic E-state index is 12.2. The molecule has 0 radical (unpaired) electrons. The number of rotatable bonds is 6. The quantitative estimate of drug-likeness (QED) is 0.721. The average Bonchev–Trinajstić information content (AvgIpc) is 2.70. The van der Waals surface area contributed by atoms with Gasteiger partial charge in [0.25, 0.3) is 5.91 Å². The zero-order valence-corrected chi connectivity index (χ0v) is 15.9. The lowest BCUT2D eigenvalue weighted by atomic mass is 9.97. The summed E-state index contributed by atoms with van der Waals surface area (Å²) in [5.41, 5.74) is 0.907. The maximum Gasteiger partial charge on any atom is 0.422 e. The van der Waals surface area contributed by atoms with Crippen LogP contribution in [0.2, 0.25) is 0 Å². The van der Waals surface area contributed by atoms with Crippen LogP contribution < -0.4 is 5.32 Å². The van der Waals surface area contributed by atoms with Crippen LogP contribution in [-0.2, 0) is 25.6 Å².